The summed E-state index contributed by atoms with van der Waals surface area (Å²) in [5, 5.41) is 24.0. The summed E-state index contributed by atoms with van der Waals surface area (Å²) < 4.78 is 73.2. The van der Waals surface area contributed by atoms with Crippen LogP contribution in [-0.2, 0) is 46.7 Å². The largest absolute Gasteiger partial charge is 0.405 e. The molecule has 4 aliphatic rings. The third kappa shape index (κ3) is 28.8. The smallest absolute Gasteiger partial charge is 0.261 e. The SMILES string of the molecule is C.C.CSS[C@@H](C)OC1C[C@H](n2cnc3c(N=CN(C)C)ncnc32)O[C@@H]1CO.CSS[C@@H](C)OC1C[C@H](n2cnc3c(N=CN(C)C)ncnc32)O[C@@H]1CO[Si](c1ccccc1)(c1ccccc1)C(C)(C)C.CSS[C@H](C)OC1C[C@H](n2cnc3c(N=CN(C)C)ncnc32)O[C@@H]1CO.CSS[C@H](C)OC1C[C@H](n2cnc3c(N=CN(C)C)ncnc32)O[C@@H]1CO[Si](c1ccccc1)(c1ccccc1)C(C)(C)C. The number of aliphatic hydroxyl groups excluding tert-OH is 2. The Morgan fingerprint density at radius 3 is 0.771 bits per heavy atom. The second-order valence-corrected chi connectivity index (χ2v) is 56.4. The molecule has 0 aliphatic carbocycles. The number of nitrogens with zero attached hydrogens (tertiary/aromatic N) is 24. The van der Waals surface area contributed by atoms with Gasteiger partial charge in [-0.3, -0.25) is 18.3 Å². The molecule has 16 atom stereocenters. The maximum absolute atomic E-state index is 9.68. The lowest BCUT2D eigenvalue weighted by atomic mass is 10.2. The maximum Gasteiger partial charge on any atom is 0.261 e. The lowest BCUT2D eigenvalue weighted by Gasteiger charge is -2.43. The summed E-state index contributed by atoms with van der Waals surface area (Å²) in [5.41, 5.74) is 5.11. The van der Waals surface area contributed by atoms with Gasteiger partial charge >= 0.3 is 0 Å². The molecule has 4 aromatic carbocycles. The zero-order chi connectivity index (χ0) is 101. The molecule has 0 spiro atoms. The monoisotopic (exact) mass is 2160 g/mol. The van der Waals surface area contributed by atoms with Crippen LogP contribution in [0.3, 0.4) is 0 Å². The molecule has 8 aromatic heterocycles. The minimum atomic E-state index is -2.76. The molecule has 4 fully saturated rings. The van der Waals surface area contributed by atoms with E-state index < -0.39 is 16.6 Å². The Bertz CT molecular complexity index is 5610. The van der Waals surface area contributed by atoms with Crippen molar-refractivity contribution in [3.63, 3.8) is 0 Å². The normalized spacial score (nSPS) is 21.3. The van der Waals surface area contributed by atoms with Crippen LogP contribution in [-0.4, -0.2) is 328 Å². The molecule has 2 N–H and O–H groups in total. The van der Waals surface area contributed by atoms with Crippen molar-refractivity contribution in [3.05, 3.63) is 172 Å². The van der Waals surface area contributed by atoms with Crippen molar-refractivity contribution in [1.29, 1.82) is 0 Å². The number of aromatic nitrogens is 16. The number of benzene rings is 4. The number of hydrogen-bond donors (Lipinski definition) is 2. The first-order chi connectivity index (χ1) is 68.3. The molecule has 0 bridgehead atoms. The van der Waals surface area contributed by atoms with Gasteiger partial charge in [-0.15, -0.1) is 0 Å². The summed E-state index contributed by atoms with van der Waals surface area (Å²) >= 11 is 0. The number of aliphatic imine (C=N–C) groups is 4. The summed E-state index contributed by atoms with van der Waals surface area (Å²) in [4.78, 5) is 78.1. The minimum Gasteiger partial charge on any atom is -0.405 e. The fourth-order valence-electron chi connectivity index (χ4n) is 17.5. The van der Waals surface area contributed by atoms with Gasteiger partial charge in [0.15, 0.2) is 67.9 Å². The number of hydrogen-bond acceptors (Lipinski definition) is 36. The molecule has 4 saturated heterocycles. The molecule has 46 heteroatoms. The molecule has 780 valence electrons. The van der Waals surface area contributed by atoms with Gasteiger partial charge in [-0.25, -0.2) is 79.8 Å². The maximum atomic E-state index is 9.68. The van der Waals surface area contributed by atoms with Gasteiger partial charge in [-0.2, -0.15) is 0 Å². The van der Waals surface area contributed by atoms with Crippen molar-refractivity contribution in [2.45, 2.75) is 215 Å². The van der Waals surface area contributed by atoms with E-state index in [9.17, 15) is 10.2 Å². The molecule has 16 rings (SSSR count). The van der Waals surface area contributed by atoms with Gasteiger partial charge in [0.25, 0.3) is 16.6 Å². The van der Waals surface area contributed by atoms with Crippen molar-refractivity contribution < 1.29 is 57.0 Å². The highest BCUT2D eigenvalue weighted by Crippen LogP contribution is 2.46. The minimum absolute atomic E-state index is 0. The number of aliphatic hydroxyl groups is 2. The predicted octanol–water partition coefficient (Wildman–Crippen LogP) is 16.7. The Hall–Kier alpha value is -8.29. The zero-order valence-electron chi connectivity index (χ0n) is 84.3. The topological polar surface area (TPSA) is 370 Å². The van der Waals surface area contributed by atoms with Crippen LogP contribution in [0.1, 0.15) is 135 Å². The van der Waals surface area contributed by atoms with Gasteiger partial charge < -0.3 is 76.6 Å². The first kappa shape index (κ1) is 116. The summed E-state index contributed by atoms with van der Waals surface area (Å²) in [6, 6.07) is 42.8. The summed E-state index contributed by atoms with van der Waals surface area (Å²) in [7, 11) is 23.1. The van der Waals surface area contributed by atoms with Crippen molar-refractivity contribution in [1.82, 2.24) is 97.7 Å². The molecular weight excluding hydrogens is 2020 g/mol. The molecule has 12 aromatic rings. The molecule has 0 saturated carbocycles. The lowest BCUT2D eigenvalue weighted by Crippen LogP contribution is -2.67. The fourth-order valence-corrected chi connectivity index (χ4v) is 32.3. The average Bonchev–Trinajstić information content (AvgIpc) is 1.61. The lowest BCUT2D eigenvalue weighted by molar-refractivity contribution is -0.0628. The molecule has 144 heavy (non-hydrogen) atoms. The van der Waals surface area contributed by atoms with Crippen LogP contribution in [0.2, 0.25) is 10.1 Å². The molecule has 0 amide bonds. The Balaban J connectivity index is 0.000000187. The number of imidazole rings is 4. The van der Waals surface area contributed by atoms with E-state index in [1.807, 2.05) is 121 Å². The molecular formula is C98H140N24O12S8Si2. The van der Waals surface area contributed by atoms with Crippen LogP contribution >= 0.6 is 86.4 Å². The van der Waals surface area contributed by atoms with E-state index in [1.54, 1.807) is 137 Å². The predicted molar refractivity (Wildman–Crippen MR) is 599 cm³/mol. The zero-order valence-corrected chi connectivity index (χ0v) is 92.9. The molecule has 12 heterocycles. The van der Waals surface area contributed by atoms with E-state index in [4.69, 9.17) is 46.7 Å². The van der Waals surface area contributed by atoms with Gasteiger partial charge in [-0.05, 0) is 83.5 Å². The quantitative estimate of drug-likeness (QED) is 0.0118. The van der Waals surface area contributed by atoms with Gasteiger partial charge in [-0.1, -0.05) is 264 Å². The summed E-state index contributed by atoms with van der Waals surface area (Å²) in [6.07, 6.45) is 26.9. The summed E-state index contributed by atoms with van der Waals surface area (Å²) in [6.45, 7) is 22.5. The molecule has 36 nitrogen and oxygen atoms in total. The highest BCUT2D eigenvalue weighted by Gasteiger charge is 2.54. The van der Waals surface area contributed by atoms with Crippen molar-refractivity contribution in [2.24, 2.45) is 20.0 Å². The van der Waals surface area contributed by atoms with Crippen LogP contribution in [0, 0.1) is 0 Å². The molecule has 4 unspecified atom stereocenters. The van der Waals surface area contributed by atoms with Gasteiger partial charge in [0, 0.05) is 82.1 Å². The van der Waals surface area contributed by atoms with E-state index in [1.165, 1.54) is 46.1 Å². The third-order valence-corrected chi connectivity index (χ3v) is 41.3. The van der Waals surface area contributed by atoms with Gasteiger partial charge in [0.2, 0.25) is 0 Å². The average molecular weight is 2160 g/mol. The van der Waals surface area contributed by atoms with E-state index in [2.05, 4.69) is 269 Å². The van der Waals surface area contributed by atoms with E-state index >= 15 is 0 Å². The van der Waals surface area contributed by atoms with Crippen molar-refractivity contribution in [2.75, 3.05) is 108 Å². The Morgan fingerprint density at radius 2 is 0.569 bits per heavy atom. The third-order valence-electron chi connectivity index (χ3n) is 23.5. The highest BCUT2D eigenvalue weighted by atomic mass is 33.1. The Labute approximate surface area is 880 Å². The fraction of sp³-hybridized carbons (Fsp3) is 0.510. The van der Waals surface area contributed by atoms with E-state index in [0.717, 1.165) is 0 Å². The number of fused-ring (bicyclic) bond motifs is 4. The second kappa shape index (κ2) is 54.8. The van der Waals surface area contributed by atoms with Crippen LogP contribution in [0.5, 0.6) is 0 Å². The van der Waals surface area contributed by atoms with Crippen LogP contribution in [0.25, 0.3) is 44.7 Å². The number of rotatable bonds is 40. The van der Waals surface area contributed by atoms with E-state index in [0.29, 0.717) is 107 Å². The summed E-state index contributed by atoms with van der Waals surface area (Å²) in [5.74, 6) is 2.04. The second-order valence-electron chi connectivity index (χ2n) is 36.7. The molecule has 0 radical (unpaired) electrons. The first-order valence-electron chi connectivity index (χ1n) is 46.6. The van der Waals surface area contributed by atoms with Crippen molar-refractivity contribution >= 4 is 217 Å². The Kier molecular flexibility index (Phi) is 44.1. The number of ether oxygens (including phenoxy) is 8. The van der Waals surface area contributed by atoms with Crippen LogP contribution in [0.4, 0.5) is 23.3 Å². The van der Waals surface area contributed by atoms with Gasteiger partial charge in [0.1, 0.15) is 96.4 Å². The first-order valence-corrected chi connectivity index (χ1v) is 60.9. The standard InChI is InChI=1S/2C32H42N6O3S2Si.2C16H24N6O3S2.2CH4/c2*1-23(43-42-7)40-26-18-28(38-22-35-29-30(36-21-37(5)6)33-20-34-31(29)38)41-27(26)19-39-44(32(2,3)4,24-14-10-8-11-15-24)25-16-12-9-13-17-25;2*1-10(27-26-4)24-11-5-13(25-12(11)6-23)22-9-19-14-15(20-8-21(2)3)17-7-18-16(14)22;;/h2*8-17,20-23,26-28H,18-19H2,1-7H3;2*7-13,23H,5-6H2,1-4H3;2*1H4/t23-,26?,27+,28+;23-,26?,27-,28-;10-,11?,12+,13+;10-,11?,12-,13-;;/m0101../s1. The van der Waals surface area contributed by atoms with Crippen LogP contribution in [0.15, 0.2) is 192 Å². The van der Waals surface area contributed by atoms with Gasteiger partial charge in [0.05, 0.1) is 102 Å². The highest BCUT2D eigenvalue weighted by molar-refractivity contribution is 8.77. The van der Waals surface area contributed by atoms with Crippen molar-refractivity contribution in [3.8, 4) is 0 Å². The van der Waals surface area contributed by atoms with Crippen LogP contribution < -0.4 is 20.7 Å². The Morgan fingerprint density at radius 1 is 0.354 bits per heavy atom. The molecule has 4 aliphatic heterocycles. The van der Waals surface area contributed by atoms with E-state index in [-0.39, 0.29) is 134 Å².